The third-order valence-corrected chi connectivity index (χ3v) is 2.82. The van der Waals surface area contributed by atoms with Crippen molar-refractivity contribution in [2.24, 2.45) is 0 Å². The van der Waals surface area contributed by atoms with Crippen LogP contribution < -0.4 is 11.1 Å². The van der Waals surface area contributed by atoms with E-state index < -0.39 is 5.97 Å². The summed E-state index contributed by atoms with van der Waals surface area (Å²) in [5.74, 6) is -0.874. The number of anilines is 1. The first-order valence-electron chi connectivity index (χ1n) is 6.18. The molecule has 3 N–H and O–H groups in total. The summed E-state index contributed by atoms with van der Waals surface area (Å²) in [6.45, 7) is 5.49. The minimum Gasteiger partial charge on any atom is -0.452 e. The Bertz CT molecular complexity index is 470. The molecule has 5 nitrogen and oxygen atoms in total. The average molecular weight is 264 g/mol. The Morgan fingerprint density at radius 3 is 2.63 bits per heavy atom. The lowest BCUT2D eigenvalue weighted by Crippen LogP contribution is -2.44. The molecule has 104 valence electrons. The molecule has 1 rings (SSSR count). The van der Waals surface area contributed by atoms with E-state index in [1.807, 2.05) is 20.8 Å². The average Bonchev–Trinajstić information content (AvgIpc) is 2.35. The number of esters is 1. The van der Waals surface area contributed by atoms with Crippen LogP contribution in [0.3, 0.4) is 0 Å². The van der Waals surface area contributed by atoms with Crippen molar-refractivity contribution in [1.29, 1.82) is 0 Å². The lowest BCUT2D eigenvalue weighted by atomic mass is 10.0. The summed E-state index contributed by atoms with van der Waals surface area (Å²) in [6.07, 6.45) is 0.794. The Balaban J connectivity index is 2.49. The van der Waals surface area contributed by atoms with Crippen LogP contribution in [0.5, 0.6) is 0 Å². The largest absolute Gasteiger partial charge is 0.452 e. The van der Waals surface area contributed by atoms with E-state index in [1.54, 1.807) is 18.2 Å². The van der Waals surface area contributed by atoms with Gasteiger partial charge in [0.25, 0.3) is 5.91 Å². The van der Waals surface area contributed by atoms with Gasteiger partial charge in [-0.1, -0.05) is 13.0 Å². The summed E-state index contributed by atoms with van der Waals surface area (Å²) in [6, 6.07) is 6.43. The molecule has 0 atom stereocenters. The number of nitrogens with one attached hydrogen (secondary N) is 1. The maximum atomic E-state index is 11.7. The fraction of sp³-hybridized carbons (Fsp3) is 0.429. The fourth-order valence-corrected chi connectivity index (χ4v) is 1.38. The number of hydrogen-bond donors (Lipinski definition) is 2. The van der Waals surface area contributed by atoms with Gasteiger partial charge in [-0.25, -0.2) is 4.79 Å². The third kappa shape index (κ3) is 4.99. The summed E-state index contributed by atoms with van der Waals surface area (Å²) >= 11 is 0. The van der Waals surface area contributed by atoms with Gasteiger partial charge in [0, 0.05) is 11.2 Å². The molecular weight excluding hydrogens is 244 g/mol. The Labute approximate surface area is 113 Å². The summed E-state index contributed by atoms with van der Waals surface area (Å²) in [7, 11) is 0. The first-order valence-corrected chi connectivity index (χ1v) is 6.18. The summed E-state index contributed by atoms with van der Waals surface area (Å²) in [5, 5.41) is 2.78. The first kappa shape index (κ1) is 15.0. The van der Waals surface area contributed by atoms with Crippen LogP contribution in [-0.4, -0.2) is 24.0 Å². The van der Waals surface area contributed by atoms with Crippen molar-refractivity contribution in [2.75, 3.05) is 12.3 Å². The van der Waals surface area contributed by atoms with Gasteiger partial charge in [-0.3, -0.25) is 4.79 Å². The zero-order valence-electron chi connectivity index (χ0n) is 11.5. The highest BCUT2D eigenvalue weighted by molar-refractivity contribution is 5.92. The number of rotatable bonds is 5. The molecule has 0 heterocycles. The molecule has 0 fully saturated rings. The third-order valence-electron chi connectivity index (χ3n) is 2.82. The summed E-state index contributed by atoms with van der Waals surface area (Å²) < 4.78 is 4.93. The summed E-state index contributed by atoms with van der Waals surface area (Å²) in [5.41, 5.74) is 6.08. The van der Waals surface area contributed by atoms with E-state index in [1.165, 1.54) is 6.07 Å². The SMILES string of the molecule is CCC(C)(C)NC(=O)COC(=O)c1cccc(N)c1. The molecule has 0 radical (unpaired) electrons. The molecule has 0 bridgehead atoms. The molecule has 0 spiro atoms. The van der Waals surface area contributed by atoms with Crippen LogP contribution in [0.2, 0.25) is 0 Å². The fourth-order valence-electron chi connectivity index (χ4n) is 1.38. The Morgan fingerprint density at radius 1 is 1.37 bits per heavy atom. The molecule has 0 aliphatic rings. The molecule has 1 amide bonds. The normalized spacial score (nSPS) is 10.9. The summed E-state index contributed by atoms with van der Waals surface area (Å²) in [4.78, 5) is 23.3. The number of carbonyl (C=O) groups excluding carboxylic acids is 2. The second-order valence-corrected chi connectivity index (χ2v) is 4.99. The number of nitrogens with two attached hydrogens (primary N) is 1. The van der Waals surface area contributed by atoms with Crippen LogP contribution in [-0.2, 0) is 9.53 Å². The molecule has 19 heavy (non-hydrogen) atoms. The van der Waals surface area contributed by atoms with Crippen molar-refractivity contribution < 1.29 is 14.3 Å². The van der Waals surface area contributed by atoms with Crippen molar-refractivity contribution in [3.05, 3.63) is 29.8 Å². The molecule has 0 aliphatic heterocycles. The number of amides is 1. The highest BCUT2D eigenvalue weighted by Crippen LogP contribution is 2.09. The Kier molecular flexibility index (Phi) is 4.92. The number of hydrogen-bond acceptors (Lipinski definition) is 4. The van der Waals surface area contributed by atoms with Gasteiger partial charge in [0.05, 0.1) is 5.56 Å². The molecular formula is C14H20N2O3. The topological polar surface area (TPSA) is 81.4 Å². The lowest BCUT2D eigenvalue weighted by Gasteiger charge is -2.24. The van der Waals surface area contributed by atoms with Crippen molar-refractivity contribution in [3.8, 4) is 0 Å². The van der Waals surface area contributed by atoms with Crippen molar-refractivity contribution in [1.82, 2.24) is 5.32 Å². The molecule has 0 aromatic heterocycles. The van der Waals surface area contributed by atoms with Gasteiger partial charge in [0.2, 0.25) is 0 Å². The monoisotopic (exact) mass is 264 g/mol. The number of ether oxygens (including phenoxy) is 1. The van der Waals surface area contributed by atoms with E-state index in [2.05, 4.69) is 5.32 Å². The maximum Gasteiger partial charge on any atom is 0.338 e. The highest BCUT2D eigenvalue weighted by atomic mass is 16.5. The predicted molar refractivity (Wildman–Crippen MR) is 73.6 cm³/mol. The molecule has 0 unspecified atom stereocenters. The lowest BCUT2D eigenvalue weighted by molar-refractivity contribution is -0.125. The standard InChI is InChI=1S/C14H20N2O3/c1-4-14(2,3)16-12(17)9-19-13(18)10-6-5-7-11(15)8-10/h5-8H,4,9,15H2,1-3H3,(H,16,17). The van der Waals surface area contributed by atoms with Crippen LogP contribution in [0.15, 0.2) is 24.3 Å². The van der Waals surface area contributed by atoms with Gasteiger partial charge in [-0.2, -0.15) is 0 Å². The molecule has 1 aromatic carbocycles. The van der Waals surface area contributed by atoms with Gasteiger partial charge in [0.1, 0.15) is 0 Å². The van der Waals surface area contributed by atoms with Crippen LogP contribution in [0.1, 0.15) is 37.6 Å². The first-order chi connectivity index (χ1) is 8.84. The van der Waals surface area contributed by atoms with Gasteiger partial charge >= 0.3 is 5.97 Å². The molecule has 0 saturated carbocycles. The van der Waals surface area contributed by atoms with Crippen molar-refractivity contribution >= 4 is 17.6 Å². The highest BCUT2D eigenvalue weighted by Gasteiger charge is 2.18. The van der Waals surface area contributed by atoms with Crippen LogP contribution in [0, 0.1) is 0 Å². The van der Waals surface area contributed by atoms with Gasteiger partial charge < -0.3 is 15.8 Å². The molecule has 0 saturated heterocycles. The predicted octanol–water partition coefficient (Wildman–Crippen LogP) is 1.73. The van der Waals surface area contributed by atoms with E-state index >= 15 is 0 Å². The number of benzene rings is 1. The Hall–Kier alpha value is -2.04. The minimum atomic E-state index is -0.559. The smallest absolute Gasteiger partial charge is 0.338 e. The van der Waals surface area contributed by atoms with E-state index in [0.29, 0.717) is 11.3 Å². The zero-order valence-corrected chi connectivity index (χ0v) is 11.5. The maximum absolute atomic E-state index is 11.7. The molecule has 0 aliphatic carbocycles. The van der Waals surface area contributed by atoms with Crippen molar-refractivity contribution in [3.63, 3.8) is 0 Å². The Morgan fingerprint density at radius 2 is 2.05 bits per heavy atom. The van der Waals surface area contributed by atoms with Crippen LogP contribution in [0.4, 0.5) is 5.69 Å². The van der Waals surface area contributed by atoms with Gasteiger partial charge in [-0.15, -0.1) is 0 Å². The minimum absolute atomic E-state index is 0.295. The number of carbonyl (C=O) groups is 2. The van der Waals surface area contributed by atoms with Crippen LogP contribution >= 0.6 is 0 Å². The van der Waals surface area contributed by atoms with Gasteiger partial charge in [-0.05, 0) is 38.5 Å². The second-order valence-electron chi connectivity index (χ2n) is 4.99. The van der Waals surface area contributed by atoms with Crippen molar-refractivity contribution in [2.45, 2.75) is 32.7 Å². The molecule has 5 heteroatoms. The van der Waals surface area contributed by atoms with Crippen LogP contribution in [0.25, 0.3) is 0 Å². The second kappa shape index (κ2) is 6.22. The van der Waals surface area contributed by atoms with E-state index in [0.717, 1.165) is 6.42 Å². The zero-order chi connectivity index (χ0) is 14.5. The molecule has 1 aromatic rings. The van der Waals surface area contributed by atoms with E-state index in [9.17, 15) is 9.59 Å². The van der Waals surface area contributed by atoms with E-state index in [-0.39, 0.29) is 18.1 Å². The number of nitrogen functional groups attached to an aromatic ring is 1. The quantitative estimate of drug-likeness (QED) is 0.627. The van der Waals surface area contributed by atoms with Gasteiger partial charge in [0.15, 0.2) is 6.61 Å². The van der Waals surface area contributed by atoms with E-state index in [4.69, 9.17) is 10.5 Å².